The Bertz CT molecular complexity index is 584. The number of hydrogen-bond donors (Lipinski definition) is 1. The zero-order valence-corrected chi connectivity index (χ0v) is 12.0. The lowest BCUT2D eigenvalue weighted by atomic mass is 10.2. The van der Waals surface area contributed by atoms with Crippen LogP contribution in [0.1, 0.15) is 5.56 Å². The molecule has 0 aliphatic carbocycles. The second-order valence-electron chi connectivity index (χ2n) is 4.75. The van der Waals surface area contributed by atoms with Gasteiger partial charge in [0.15, 0.2) is 11.6 Å². The zero-order chi connectivity index (χ0) is 14.5. The maximum atomic E-state index is 14.0. The van der Waals surface area contributed by atoms with Crippen molar-refractivity contribution in [3.63, 3.8) is 0 Å². The summed E-state index contributed by atoms with van der Waals surface area (Å²) in [7, 11) is 5.73. The quantitative estimate of drug-likeness (QED) is 0.904. The molecule has 1 N–H and O–H groups in total. The minimum atomic E-state index is -0.354. The van der Waals surface area contributed by atoms with E-state index in [1.807, 2.05) is 56.4 Å². The van der Waals surface area contributed by atoms with Crippen molar-refractivity contribution in [2.24, 2.45) is 0 Å². The Kier molecular flexibility index (Phi) is 4.58. The molecular weight excluding hydrogens is 255 g/mol. The van der Waals surface area contributed by atoms with E-state index in [-0.39, 0.29) is 11.6 Å². The van der Waals surface area contributed by atoms with Crippen molar-refractivity contribution in [1.82, 2.24) is 5.32 Å². The van der Waals surface area contributed by atoms with Gasteiger partial charge >= 0.3 is 0 Å². The van der Waals surface area contributed by atoms with Gasteiger partial charge in [-0.1, -0.05) is 18.2 Å². The molecule has 0 heterocycles. The highest BCUT2D eigenvalue weighted by atomic mass is 19.1. The molecule has 2 aromatic rings. The molecule has 0 aliphatic heterocycles. The molecule has 0 saturated carbocycles. The molecule has 0 fully saturated rings. The molecule has 20 heavy (non-hydrogen) atoms. The van der Waals surface area contributed by atoms with Crippen LogP contribution in [0.4, 0.5) is 10.1 Å². The second-order valence-corrected chi connectivity index (χ2v) is 4.75. The summed E-state index contributed by atoms with van der Waals surface area (Å²) < 4.78 is 19.7. The standard InChI is InChI=1S/C16H19FN2O/c1-18-11-12-6-4-9-15(17)16(12)20-14-8-5-7-13(10-14)19(2)3/h4-10,18H,11H2,1-3H3. The maximum absolute atomic E-state index is 14.0. The molecule has 0 radical (unpaired) electrons. The van der Waals surface area contributed by atoms with Gasteiger partial charge in [-0.25, -0.2) is 4.39 Å². The minimum Gasteiger partial charge on any atom is -0.454 e. The van der Waals surface area contributed by atoms with Crippen LogP contribution < -0.4 is 15.0 Å². The van der Waals surface area contributed by atoms with Crippen molar-refractivity contribution < 1.29 is 9.13 Å². The summed E-state index contributed by atoms with van der Waals surface area (Å²) in [5.41, 5.74) is 1.80. The van der Waals surface area contributed by atoms with Crippen molar-refractivity contribution in [2.45, 2.75) is 6.54 Å². The van der Waals surface area contributed by atoms with Gasteiger partial charge in [0, 0.05) is 38.0 Å². The monoisotopic (exact) mass is 274 g/mol. The number of anilines is 1. The Labute approximate surface area is 119 Å². The van der Waals surface area contributed by atoms with E-state index < -0.39 is 0 Å². The smallest absolute Gasteiger partial charge is 0.167 e. The molecule has 106 valence electrons. The molecule has 0 spiro atoms. The Hall–Kier alpha value is -2.07. The van der Waals surface area contributed by atoms with E-state index in [2.05, 4.69) is 5.32 Å². The normalized spacial score (nSPS) is 10.4. The fourth-order valence-electron chi connectivity index (χ4n) is 1.94. The van der Waals surface area contributed by atoms with Crippen LogP contribution in [0.3, 0.4) is 0 Å². The van der Waals surface area contributed by atoms with Crippen molar-refractivity contribution >= 4 is 5.69 Å². The first-order chi connectivity index (χ1) is 9.61. The largest absolute Gasteiger partial charge is 0.454 e. The summed E-state index contributed by atoms with van der Waals surface area (Å²) in [6.07, 6.45) is 0. The van der Waals surface area contributed by atoms with Crippen molar-refractivity contribution in [3.05, 3.63) is 53.8 Å². The average molecular weight is 274 g/mol. The number of halogens is 1. The Balaban J connectivity index is 2.32. The van der Waals surface area contributed by atoms with Gasteiger partial charge in [0.1, 0.15) is 5.75 Å². The van der Waals surface area contributed by atoms with E-state index >= 15 is 0 Å². The van der Waals surface area contributed by atoms with Crippen LogP contribution in [0.25, 0.3) is 0 Å². The topological polar surface area (TPSA) is 24.5 Å². The lowest BCUT2D eigenvalue weighted by Gasteiger charge is -2.15. The van der Waals surface area contributed by atoms with Gasteiger partial charge in [-0.3, -0.25) is 0 Å². The van der Waals surface area contributed by atoms with Crippen LogP contribution in [-0.2, 0) is 6.54 Å². The van der Waals surface area contributed by atoms with Crippen LogP contribution in [0.15, 0.2) is 42.5 Å². The van der Waals surface area contributed by atoms with Crippen LogP contribution in [0.5, 0.6) is 11.5 Å². The first kappa shape index (κ1) is 14.3. The molecule has 2 rings (SSSR count). The van der Waals surface area contributed by atoms with E-state index in [0.29, 0.717) is 12.3 Å². The number of para-hydroxylation sites is 1. The molecule has 0 aromatic heterocycles. The predicted octanol–water partition coefficient (Wildman–Crippen LogP) is 3.40. The number of hydrogen-bond acceptors (Lipinski definition) is 3. The third-order valence-electron chi connectivity index (χ3n) is 2.97. The Morgan fingerprint density at radius 3 is 2.60 bits per heavy atom. The first-order valence-corrected chi connectivity index (χ1v) is 6.49. The summed E-state index contributed by atoms with van der Waals surface area (Å²) in [6.45, 7) is 0.556. The summed E-state index contributed by atoms with van der Waals surface area (Å²) in [6, 6.07) is 12.5. The number of nitrogens with one attached hydrogen (secondary N) is 1. The van der Waals surface area contributed by atoms with Gasteiger partial charge in [-0.05, 0) is 25.2 Å². The molecule has 2 aromatic carbocycles. The van der Waals surface area contributed by atoms with Gasteiger partial charge in [0.05, 0.1) is 0 Å². The van der Waals surface area contributed by atoms with E-state index in [1.165, 1.54) is 6.07 Å². The molecule has 0 saturated heterocycles. The third kappa shape index (κ3) is 3.27. The average Bonchev–Trinajstić information content (AvgIpc) is 2.43. The summed E-state index contributed by atoms with van der Waals surface area (Å²) in [5.74, 6) is 0.546. The Morgan fingerprint density at radius 1 is 1.15 bits per heavy atom. The van der Waals surface area contributed by atoms with Crippen molar-refractivity contribution in [2.75, 3.05) is 26.0 Å². The van der Waals surface area contributed by atoms with Gasteiger partial charge < -0.3 is 15.0 Å². The molecule has 4 heteroatoms. The van der Waals surface area contributed by atoms with Crippen LogP contribution in [0, 0.1) is 5.82 Å². The number of nitrogens with zero attached hydrogens (tertiary/aromatic N) is 1. The van der Waals surface area contributed by atoms with Gasteiger partial charge in [-0.15, -0.1) is 0 Å². The van der Waals surface area contributed by atoms with E-state index in [0.717, 1.165) is 11.3 Å². The number of ether oxygens (including phenoxy) is 1. The molecule has 0 amide bonds. The second kappa shape index (κ2) is 6.39. The molecule has 3 nitrogen and oxygen atoms in total. The highest BCUT2D eigenvalue weighted by Crippen LogP contribution is 2.30. The van der Waals surface area contributed by atoms with E-state index in [4.69, 9.17) is 4.74 Å². The summed E-state index contributed by atoms with van der Waals surface area (Å²) in [4.78, 5) is 1.97. The van der Waals surface area contributed by atoms with Crippen LogP contribution in [0.2, 0.25) is 0 Å². The maximum Gasteiger partial charge on any atom is 0.167 e. The van der Waals surface area contributed by atoms with Gasteiger partial charge in [0.25, 0.3) is 0 Å². The summed E-state index contributed by atoms with van der Waals surface area (Å²) >= 11 is 0. The van der Waals surface area contributed by atoms with Crippen molar-refractivity contribution in [1.29, 1.82) is 0 Å². The number of rotatable bonds is 5. The van der Waals surface area contributed by atoms with Gasteiger partial charge in [0.2, 0.25) is 0 Å². The predicted molar refractivity (Wildman–Crippen MR) is 80.0 cm³/mol. The SMILES string of the molecule is CNCc1cccc(F)c1Oc1cccc(N(C)C)c1. The minimum absolute atomic E-state index is 0.276. The van der Waals surface area contributed by atoms with Crippen molar-refractivity contribution in [3.8, 4) is 11.5 Å². The number of benzene rings is 2. The molecule has 0 aliphatic rings. The van der Waals surface area contributed by atoms with Gasteiger partial charge in [-0.2, -0.15) is 0 Å². The Morgan fingerprint density at radius 2 is 1.90 bits per heavy atom. The lowest BCUT2D eigenvalue weighted by molar-refractivity contribution is 0.434. The van der Waals surface area contributed by atoms with Crippen LogP contribution >= 0.6 is 0 Å². The zero-order valence-electron chi connectivity index (χ0n) is 12.0. The third-order valence-corrected chi connectivity index (χ3v) is 2.97. The molecule has 0 unspecified atom stereocenters. The molecular formula is C16H19FN2O. The molecule has 0 bridgehead atoms. The fourth-order valence-corrected chi connectivity index (χ4v) is 1.94. The first-order valence-electron chi connectivity index (χ1n) is 6.49. The molecule has 0 atom stereocenters. The lowest BCUT2D eigenvalue weighted by Crippen LogP contribution is -2.09. The van der Waals surface area contributed by atoms with E-state index in [1.54, 1.807) is 6.07 Å². The van der Waals surface area contributed by atoms with Crippen LogP contribution in [-0.4, -0.2) is 21.1 Å². The highest BCUT2D eigenvalue weighted by Gasteiger charge is 2.11. The fraction of sp³-hybridized carbons (Fsp3) is 0.250. The van der Waals surface area contributed by atoms with E-state index in [9.17, 15) is 4.39 Å². The summed E-state index contributed by atoms with van der Waals surface area (Å²) in [5, 5.41) is 3.01. The highest BCUT2D eigenvalue weighted by molar-refractivity contribution is 5.51.